The molecule has 0 radical (unpaired) electrons. The Hall–Kier alpha value is -0.170. The molecule has 1 rings (SSSR count). The Bertz CT molecular complexity index is 316. The van der Waals surface area contributed by atoms with Gasteiger partial charge >= 0.3 is 0 Å². The Balaban J connectivity index is 2.25. The highest BCUT2D eigenvalue weighted by atomic mass is 32.2. The molecule has 0 spiro atoms. The smallest absolute Gasteiger partial charge is 0.212 e. The van der Waals surface area contributed by atoms with Crippen LogP contribution in [0.5, 0.6) is 0 Å². The summed E-state index contributed by atoms with van der Waals surface area (Å²) < 4.78 is 26.2. The number of piperazine rings is 1. The predicted octanol–water partition coefficient (Wildman–Crippen LogP) is -0.143. The quantitative estimate of drug-likeness (QED) is 0.725. The molecule has 0 saturated carbocycles. The van der Waals surface area contributed by atoms with Crippen molar-refractivity contribution >= 4 is 10.0 Å². The third-order valence-corrected chi connectivity index (χ3v) is 4.47. The molecule has 17 heavy (non-hydrogen) atoms. The van der Waals surface area contributed by atoms with Crippen LogP contribution in [0.1, 0.15) is 20.8 Å². The van der Waals surface area contributed by atoms with Gasteiger partial charge in [-0.25, -0.2) is 13.1 Å². The maximum Gasteiger partial charge on any atom is 0.212 e. The predicted molar refractivity (Wildman–Crippen MR) is 70.6 cm³/mol. The summed E-state index contributed by atoms with van der Waals surface area (Å²) >= 11 is 0. The minimum atomic E-state index is -3.13. The van der Waals surface area contributed by atoms with E-state index < -0.39 is 10.0 Å². The molecule has 0 aromatic rings. The van der Waals surface area contributed by atoms with E-state index >= 15 is 0 Å². The van der Waals surface area contributed by atoms with Gasteiger partial charge in [0, 0.05) is 39.3 Å². The molecule has 0 aliphatic carbocycles. The molecule has 0 aromatic heterocycles. The molecule has 0 amide bonds. The van der Waals surface area contributed by atoms with E-state index in [0.29, 0.717) is 6.54 Å². The van der Waals surface area contributed by atoms with Crippen LogP contribution in [-0.2, 0) is 10.0 Å². The van der Waals surface area contributed by atoms with Gasteiger partial charge in [0.1, 0.15) is 0 Å². The largest absolute Gasteiger partial charge is 0.314 e. The Morgan fingerprint density at radius 2 is 1.82 bits per heavy atom. The second-order valence-corrected chi connectivity index (χ2v) is 7.61. The van der Waals surface area contributed by atoms with Gasteiger partial charge < -0.3 is 5.32 Å². The summed E-state index contributed by atoms with van der Waals surface area (Å²) in [6, 6.07) is 0. The van der Waals surface area contributed by atoms with Gasteiger partial charge in [0.2, 0.25) is 10.0 Å². The second-order valence-electron chi connectivity index (χ2n) is 5.81. The molecular weight excluding hydrogens is 238 g/mol. The first-order chi connectivity index (χ1) is 7.79. The third-order valence-electron chi connectivity index (χ3n) is 2.58. The standard InChI is InChI=1S/C11H25N3O2S/c1-11(2,3)10-17(15,16)13-6-9-14-7-4-12-5-8-14/h12-13H,4-10H2,1-3H3. The molecule has 1 aliphatic heterocycles. The van der Waals surface area contributed by atoms with Gasteiger partial charge in [-0.05, 0) is 5.41 Å². The SMILES string of the molecule is CC(C)(C)CS(=O)(=O)NCCN1CCNCC1. The molecular formula is C11H25N3O2S. The highest BCUT2D eigenvalue weighted by Crippen LogP contribution is 2.14. The number of rotatable bonds is 5. The monoisotopic (exact) mass is 263 g/mol. The molecule has 1 fully saturated rings. The van der Waals surface area contributed by atoms with Crippen molar-refractivity contribution in [1.82, 2.24) is 14.9 Å². The van der Waals surface area contributed by atoms with Crippen LogP contribution in [0.2, 0.25) is 0 Å². The molecule has 5 nitrogen and oxygen atoms in total. The highest BCUT2D eigenvalue weighted by molar-refractivity contribution is 7.89. The van der Waals surface area contributed by atoms with Crippen LogP contribution < -0.4 is 10.0 Å². The van der Waals surface area contributed by atoms with E-state index in [-0.39, 0.29) is 11.2 Å². The van der Waals surface area contributed by atoms with Gasteiger partial charge in [0.05, 0.1) is 5.75 Å². The molecule has 0 atom stereocenters. The van der Waals surface area contributed by atoms with Crippen molar-refractivity contribution in [2.24, 2.45) is 5.41 Å². The fraction of sp³-hybridized carbons (Fsp3) is 1.00. The average Bonchev–Trinajstić information content (AvgIpc) is 2.15. The maximum absolute atomic E-state index is 11.7. The van der Waals surface area contributed by atoms with Gasteiger partial charge in [-0.1, -0.05) is 20.8 Å². The van der Waals surface area contributed by atoms with Crippen LogP contribution in [0, 0.1) is 5.41 Å². The van der Waals surface area contributed by atoms with Crippen LogP contribution in [0.25, 0.3) is 0 Å². The van der Waals surface area contributed by atoms with Crippen LogP contribution >= 0.6 is 0 Å². The first-order valence-corrected chi connectivity index (χ1v) is 7.84. The molecule has 1 heterocycles. The summed E-state index contributed by atoms with van der Waals surface area (Å²) in [4.78, 5) is 2.27. The Labute approximate surface area is 105 Å². The lowest BCUT2D eigenvalue weighted by atomic mass is 10.0. The average molecular weight is 263 g/mol. The van der Waals surface area contributed by atoms with E-state index in [4.69, 9.17) is 0 Å². The van der Waals surface area contributed by atoms with Crippen LogP contribution in [0.3, 0.4) is 0 Å². The van der Waals surface area contributed by atoms with Crippen molar-refractivity contribution in [3.8, 4) is 0 Å². The molecule has 0 aromatic carbocycles. The second kappa shape index (κ2) is 6.13. The van der Waals surface area contributed by atoms with E-state index in [0.717, 1.165) is 32.7 Å². The Morgan fingerprint density at radius 1 is 1.24 bits per heavy atom. The van der Waals surface area contributed by atoms with E-state index in [9.17, 15) is 8.42 Å². The minimum Gasteiger partial charge on any atom is -0.314 e. The number of nitrogens with one attached hydrogen (secondary N) is 2. The summed E-state index contributed by atoms with van der Waals surface area (Å²) in [5, 5.41) is 3.27. The lowest BCUT2D eigenvalue weighted by Gasteiger charge is -2.27. The van der Waals surface area contributed by atoms with Crippen molar-refractivity contribution in [3.05, 3.63) is 0 Å². The number of hydrogen-bond donors (Lipinski definition) is 2. The number of hydrogen-bond acceptors (Lipinski definition) is 4. The zero-order valence-electron chi connectivity index (χ0n) is 11.1. The van der Waals surface area contributed by atoms with Crippen molar-refractivity contribution in [1.29, 1.82) is 0 Å². The van der Waals surface area contributed by atoms with Gasteiger partial charge in [-0.15, -0.1) is 0 Å². The van der Waals surface area contributed by atoms with Crippen molar-refractivity contribution in [3.63, 3.8) is 0 Å². The normalized spacial score (nSPS) is 19.5. The van der Waals surface area contributed by atoms with E-state index in [1.807, 2.05) is 20.8 Å². The van der Waals surface area contributed by atoms with E-state index in [1.54, 1.807) is 0 Å². The Morgan fingerprint density at radius 3 is 2.35 bits per heavy atom. The number of sulfonamides is 1. The summed E-state index contributed by atoms with van der Waals surface area (Å²) in [5.74, 6) is 0.182. The Kier molecular flexibility index (Phi) is 5.37. The fourth-order valence-electron chi connectivity index (χ4n) is 1.92. The molecule has 0 unspecified atom stereocenters. The number of nitrogens with zero attached hydrogens (tertiary/aromatic N) is 1. The van der Waals surface area contributed by atoms with Crippen molar-refractivity contribution in [2.45, 2.75) is 20.8 Å². The third kappa shape index (κ3) is 6.98. The minimum absolute atomic E-state index is 0.182. The van der Waals surface area contributed by atoms with E-state index in [1.165, 1.54) is 0 Å². The maximum atomic E-state index is 11.7. The lowest BCUT2D eigenvalue weighted by molar-refractivity contribution is 0.245. The lowest BCUT2D eigenvalue weighted by Crippen LogP contribution is -2.46. The summed E-state index contributed by atoms with van der Waals surface area (Å²) in [5.41, 5.74) is -0.194. The zero-order valence-corrected chi connectivity index (χ0v) is 11.9. The zero-order chi connectivity index (χ0) is 12.9. The molecule has 102 valence electrons. The van der Waals surface area contributed by atoms with Gasteiger partial charge in [0.25, 0.3) is 0 Å². The van der Waals surface area contributed by atoms with Crippen LogP contribution in [0.15, 0.2) is 0 Å². The molecule has 1 aliphatic rings. The molecule has 0 bridgehead atoms. The topological polar surface area (TPSA) is 61.4 Å². The highest BCUT2D eigenvalue weighted by Gasteiger charge is 2.21. The first-order valence-electron chi connectivity index (χ1n) is 6.19. The fourth-order valence-corrected chi connectivity index (χ4v) is 3.56. The molecule has 6 heteroatoms. The van der Waals surface area contributed by atoms with Crippen molar-refractivity contribution < 1.29 is 8.42 Å². The van der Waals surface area contributed by atoms with Crippen LogP contribution in [-0.4, -0.2) is 58.3 Å². The first kappa shape index (κ1) is 14.9. The van der Waals surface area contributed by atoms with Gasteiger partial charge in [-0.2, -0.15) is 0 Å². The van der Waals surface area contributed by atoms with Crippen molar-refractivity contribution in [2.75, 3.05) is 45.0 Å². The van der Waals surface area contributed by atoms with E-state index in [2.05, 4.69) is 14.9 Å². The molecule has 2 N–H and O–H groups in total. The summed E-state index contributed by atoms with van der Waals surface area (Å²) in [7, 11) is -3.13. The summed E-state index contributed by atoms with van der Waals surface area (Å²) in [6.07, 6.45) is 0. The van der Waals surface area contributed by atoms with Gasteiger partial charge in [0.15, 0.2) is 0 Å². The summed E-state index contributed by atoms with van der Waals surface area (Å²) in [6.45, 7) is 11.1. The van der Waals surface area contributed by atoms with Crippen LogP contribution in [0.4, 0.5) is 0 Å². The molecule has 1 saturated heterocycles. The van der Waals surface area contributed by atoms with Gasteiger partial charge in [-0.3, -0.25) is 4.90 Å².